The van der Waals surface area contributed by atoms with Crippen LogP contribution in [-0.2, 0) is 10.3 Å². The molecule has 4 aromatic rings. The Labute approximate surface area is 266 Å². The molecule has 2 aromatic carbocycles. The summed E-state index contributed by atoms with van der Waals surface area (Å²) in [4.78, 5) is 30.6. The van der Waals surface area contributed by atoms with E-state index in [1.54, 1.807) is 24.7 Å². The number of nitrogens with one attached hydrogen (secondary N) is 2. The number of hydrogen-bond donors (Lipinski definition) is 4. The number of rotatable bonds is 9. The summed E-state index contributed by atoms with van der Waals surface area (Å²) in [5.74, 6) is -0.443. The van der Waals surface area contributed by atoms with Crippen LogP contribution in [0.1, 0.15) is 57.1 Å². The lowest BCUT2D eigenvalue weighted by Gasteiger charge is -2.39. The molecule has 6 rings (SSSR count). The van der Waals surface area contributed by atoms with Gasteiger partial charge in [-0.15, -0.1) is 0 Å². The van der Waals surface area contributed by atoms with Crippen LogP contribution in [0.15, 0.2) is 72.4 Å². The molecule has 3 heterocycles. The predicted octanol–water partition coefficient (Wildman–Crippen LogP) is 5.23. The first-order valence-electron chi connectivity index (χ1n) is 15.0. The first kappa shape index (κ1) is 30.7. The molecular weight excluding hydrogens is 592 g/mol. The summed E-state index contributed by atoms with van der Waals surface area (Å²) in [6.07, 6.45) is 7.24. The van der Waals surface area contributed by atoms with Gasteiger partial charge in [0.05, 0.1) is 28.9 Å². The number of benzene rings is 2. The van der Waals surface area contributed by atoms with E-state index in [0.29, 0.717) is 22.8 Å². The molecular formula is C33H37ClN8O3. The number of carbonyl (C=O) groups is 1. The Bertz CT molecular complexity index is 1670. The number of aromatic amines is 1. The van der Waals surface area contributed by atoms with Crippen molar-refractivity contribution in [3.63, 3.8) is 0 Å². The summed E-state index contributed by atoms with van der Waals surface area (Å²) < 4.78 is 5.77. The molecule has 0 radical (unpaired) electrons. The van der Waals surface area contributed by atoms with Crippen LogP contribution in [0.4, 0.5) is 4.79 Å². The van der Waals surface area contributed by atoms with Gasteiger partial charge >= 0.3 is 6.09 Å². The maximum atomic E-state index is 12.7. The zero-order valence-electron chi connectivity index (χ0n) is 25.4. The second kappa shape index (κ2) is 12.2. The quantitative estimate of drug-likeness (QED) is 0.196. The highest BCUT2D eigenvalue weighted by atomic mass is 35.5. The van der Waals surface area contributed by atoms with Crippen LogP contribution in [0.5, 0.6) is 0 Å². The maximum absolute atomic E-state index is 12.7. The minimum absolute atomic E-state index is 0.0365. The summed E-state index contributed by atoms with van der Waals surface area (Å²) in [7, 11) is 0. The van der Waals surface area contributed by atoms with Crippen molar-refractivity contribution in [2.75, 3.05) is 6.61 Å². The minimum Gasteiger partial charge on any atom is -0.449 e. The number of H-pyrrole nitrogens is 1. The molecule has 0 bridgehead atoms. The average molecular weight is 629 g/mol. The van der Waals surface area contributed by atoms with E-state index >= 15 is 0 Å². The third kappa shape index (κ3) is 6.55. The number of aliphatic imine (C=N–C) groups is 1. The summed E-state index contributed by atoms with van der Waals surface area (Å²) in [5.41, 5.74) is 9.36. The molecule has 1 amide bonds. The minimum atomic E-state index is -1.05. The zero-order valence-corrected chi connectivity index (χ0v) is 26.2. The van der Waals surface area contributed by atoms with Gasteiger partial charge < -0.3 is 20.9 Å². The van der Waals surface area contributed by atoms with Crippen molar-refractivity contribution in [3.8, 4) is 22.6 Å². The van der Waals surface area contributed by atoms with Crippen LogP contribution in [0.2, 0.25) is 5.02 Å². The molecule has 2 aliphatic rings. The second-order valence-electron chi connectivity index (χ2n) is 13.0. The SMILES string of the molecule is CC(C)(C)C[C@]1(c2ccc(-c3cnccn3)cc2)N=C(N)C([C@H](COC(=O)NC2CC2)c2ccc(Cl)c(-c3ncn[nH]3)c2)C1O. The Hall–Kier alpha value is -4.35. The van der Waals surface area contributed by atoms with Crippen molar-refractivity contribution in [2.45, 2.75) is 63.6 Å². The molecule has 1 aliphatic carbocycles. The van der Waals surface area contributed by atoms with Crippen LogP contribution in [0.25, 0.3) is 22.6 Å². The molecule has 5 N–H and O–H groups in total. The molecule has 0 saturated heterocycles. The normalized spacial score (nSPS) is 22.1. The highest BCUT2D eigenvalue weighted by Gasteiger charge is 2.54. The Morgan fingerprint density at radius 2 is 1.96 bits per heavy atom. The molecule has 4 atom stereocenters. The smallest absolute Gasteiger partial charge is 0.407 e. The fourth-order valence-corrected chi connectivity index (χ4v) is 6.43. The predicted molar refractivity (Wildman–Crippen MR) is 171 cm³/mol. The van der Waals surface area contributed by atoms with Gasteiger partial charge in [0.15, 0.2) is 5.82 Å². The summed E-state index contributed by atoms with van der Waals surface area (Å²) in [6, 6.07) is 13.5. The van der Waals surface area contributed by atoms with Crippen LogP contribution in [0.3, 0.4) is 0 Å². The molecule has 2 unspecified atom stereocenters. The highest BCUT2D eigenvalue weighted by Crippen LogP contribution is 2.50. The molecule has 11 nitrogen and oxygen atoms in total. The van der Waals surface area contributed by atoms with E-state index in [1.807, 2.05) is 36.4 Å². The number of halogens is 1. The number of aliphatic hydroxyl groups excluding tert-OH is 1. The fraction of sp³-hybridized carbons (Fsp3) is 0.394. The Balaban J connectivity index is 1.39. The number of alkyl carbamates (subject to hydrolysis) is 1. The molecule has 12 heteroatoms. The van der Waals surface area contributed by atoms with E-state index in [9.17, 15) is 9.90 Å². The van der Waals surface area contributed by atoms with Gasteiger partial charge in [0.25, 0.3) is 0 Å². The molecule has 2 aromatic heterocycles. The lowest BCUT2D eigenvalue weighted by Crippen LogP contribution is -2.45. The number of nitrogens with zero attached hydrogens (tertiary/aromatic N) is 5. The van der Waals surface area contributed by atoms with E-state index in [4.69, 9.17) is 27.1 Å². The number of amides is 1. The summed E-state index contributed by atoms with van der Waals surface area (Å²) in [5, 5.41) is 22.6. The summed E-state index contributed by atoms with van der Waals surface area (Å²) >= 11 is 6.57. The van der Waals surface area contributed by atoms with Gasteiger partial charge in [-0.1, -0.05) is 62.7 Å². The standard InChI is InChI=1S/C33H37ClN8O3/c1-32(2,3)17-33(21-7-4-19(5-8-21)26-15-36-12-13-37-26)28(43)27(29(35)41-33)24(16-45-31(44)40-22-9-10-22)20-6-11-25(34)23(14-20)30-38-18-39-42-30/h4-8,11-15,18,22,24,27-28,43H,9-10,16-17H2,1-3H3,(H2,35,41)(H,40,44)(H,38,39,42)/t24-,27?,28?,33-/m1/s1. The number of aromatic nitrogens is 5. The third-order valence-electron chi connectivity index (χ3n) is 8.36. The molecule has 234 valence electrons. The monoisotopic (exact) mass is 628 g/mol. The molecule has 1 fully saturated rings. The van der Waals surface area contributed by atoms with E-state index in [-0.39, 0.29) is 23.9 Å². The Morgan fingerprint density at radius 3 is 2.60 bits per heavy atom. The van der Waals surface area contributed by atoms with Crippen LogP contribution in [-0.4, -0.2) is 60.9 Å². The maximum Gasteiger partial charge on any atom is 0.407 e. The largest absolute Gasteiger partial charge is 0.449 e. The number of amidine groups is 1. The third-order valence-corrected chi connectivity index (χ3v) is 8.69. The molecule has 1 saturated carbocycles. The topological polar surface area (TPSA) is 164 Å². The number of aliphatic hydroxyl groups is 1. The second-order valence-corrected chi connectivity index (χ2v) is 13.4. The fourth-order valence-electron chi connectivity index (χ4n) is 6.22. The zero-order chi connectivity index (χ0) is 31.8. The van der Waals surface area contributed by atoms with Crippen molar-refractivity contribution in [3.05, 3.63) is 83.5 Å². The average Bonchev–Trinajstić information content (AvgIpc) is 3.58. The van der Waals surface area contributed by atoms with Crippen LogP contribution >= 0.6 is 11.6 Å². The van der Waals surface area contributed by atoms with Gasteiger partial charge in [0, 0.05) is 35.5 Å². The molecule has 1 aliphatic heterocycles. The Morgan fingerprint density at radius 1 is 1.18 bits per heavy atom. The van der Waals surface area contributed by atoms with Crippen molar-refractivity contribution < 1.29 is 14.6 Å². The van der Waals surface area contributed by atoms with Crippen molar-refractivity contribution in [1.82, 2.24) is 30.5 Å². The first-order valence-corrected chi connectivity index (χ1v) is 15.4. The van der Waals surface area contributed by atoms with Gasteiger partial charge in [-0.2, -0.15) is 5.10 Å². The Kier molecular flexibility index (Phi) is 8.32. The van der Waals surface area contributed by atoms with Crippen LogP contribution < -0.4 is 11.1 Å². The van der Waals surface area contributed by atoms with Gasteiger partial charge in [-0.25, -0.2) is 9.78 Å². The summed E-state index contributed by atoms with van der Waals surface area (Å²) in [6.45, 7) is 6.30. The molecule has 45 heavy (non-hydrogen) atoms. The van der Waals surface area contributed by atoms with E-state index < -0.39 is 29.6 Å². The number of ether oxygens (including phenoxy) is 1. The van der Waals surface area contributed by atoms with Gasteiger partial charge in [0.2, 0.25) is 0 Å². The lowest BCUT2D eigenvalue weighted by atomic mass is 9.69. The highest BCUT2D eigenvalue weighted by molar-refractivity contribution is 6.33. The number of hydrogen-bond acceptors (Lipinski definition) is 9. The van der Waals surface area contributed by atoms with Crippen LogP contribution in [0, 0.1) is 11.3 Å². The van der Waals surface area contributed by atoms with E-state index in [0.717, 1.165) is 35.2 Å². The van der Waals surface area contributed by atoms with Crippen molar-refractivity contribution >= 4 is 23.5 Å². The molecule has 0 spiro atoms. The number of nitrogens with two attached hydrogens (primary N) is 1. The van der Waals surface area contributed by atoms with Gasteiger partial charge in [-0.3, -0.25) is 20.1 Å². The van der Waals surface area contributed by atoms with Gasteiger partial charge in [0.1, 0.15) is 24.3 Å². The van der Waals surface area contributed by atoms with E-state index in [2.05, 4.69) is 51.2 Å². The lowest BCUT2D eigenvalue weighted by molar-refractivity contribution is 0.0289. The van der Waals surface area contributed by atoms with Crippen molar-refractivity contribution in [2.24, 2.45) is 22.1 Å². The first-order chi connectivity index (χ1) is 21.5. The van der Waals surface area contributed by atoms with Crippen molar-refractivity contribution in [1.29, 1.82) is 0 Å². The number of carbonyl (C=O) groups excluding carboxylic acids is 1. The van der Waals surface area contributed by atoms with Gasteiger partial charge in [-0.05, 0) is 47.9 Å². The van der Waals surface area contributed by atoms with E-state index in [1.165, 1.54) is 6.33 Å².